The van der Waals surface area contributed by atoms with Crippen LogP contribution in [-0.4, -0.2) is 161 Å². The first kappa shape index (κ1) is 59.3. The smallest absolute Gasteiger partial charge is 0.303 e. The quantitative estimate of drug-likeness (QED) is 0.0697. The maximum Gasteiger partial charge on any atom is 0.303 e. The summed E-state index contributed by atoms with van der Waals surface area (Å²) in [6.45, 7) is 26.3. The Morgan fingerprint density at radius 3 is 1.70 bits per heavy atom. The molecule has 4 aliphatic rings. The first-order valence-electron chi connectivity index (χ1n) is 25.8. The van der Waals surface area contributed by atoms with Crippen LogP contribution in [-0.2, 0) is 98.8 Å². The van der Waals surface area contributed by atoms with Gasteiger partial charge in [0.15, 0.2) is 43.3 Å². The molecule has 73 heavy (non-hydrogen) atoms. The SMILES string of the molecule is CCOCCn1cc(CO[C@@H]2O[C@H](CC)[C@@H](O[C@H]3O[C@H](CC)[C@@H](O[C@H]4O[C@H](C)[C@@H](N(C(C)=O)[C@H]5C=C(CC)[C@@H](C)[C@H](C)[C@H]5OC(C)=O)[C@H](C)[C@H]4OC(C)=O)[C@H](C)[C@H]3OC(C)=O)[C@H](OC(C)=O)[C@H]2OC(C)=O)nn1. The molecule has 0 N–H and O–H groups in total. The normalized spacial score (nSPS) is 35.5. The number of carbonyl (C=O) groups excluding carboxylic acids is 6. The highest BCUT2D eigenvalue weighted by Crippen LogP contribution is 2.43. The van der Waals surface area contributed by atoms with Crippen molar-refractivity contribution in [2.45, 2.75) is 228 Å². The number of ether oxygens (including phenoxy) is 12. The summed E-state index contributed by atoms with van der Waals surface area (Å²) < 4.78 is 76.2. The van der Waals surface area contributed by atoms with Gasteiger partial charge in [0.1, 0.15) is 17.9 Å². The van der Waals surface area contributed by atoms with E-state index in [1.165, 1.54) is 41.5 Å². The van der Waals surface area contributed by atoms with Gasteiger partial charge in [0.25, 0.3) is 0 Å². The summed E-state index contributed by atoms with van der Waals surface area (Å²) in [7, 11) is 0. The third-order valence-electron chi connectivity index (χ3n) is 14.3. The molecular formula is C51H80N4O18. The van der Waals surface area contributed by atoms with Gasteiger partial charge in [-0.1, -0.05) is 65.3 Å². The molecule has 5 rings (SSSR count). The molecule has 0 saturated carbocycles. The Kier molecular flexibility index (Phi) is 21.7. The fourth-order valence-electron chi connectivity index (χ4n) is 10.8. The van der Waals surface area contributed by atoms with Crippen LogP contribution in [0, 0.1) is 23.7 Å². The van der Waals surface area contributed by atoms with E-state index in [4.69, 9.17) is 56.8 Å². The summed E-state index contributed by atoms with van der Waals surface area (Å²) >= 11 is 0. The minimum absolute atomic E-state index is 0.0852. The molecule has 1 amide bonds. The number of hydrogen-bond donors (Lipinski definition) is 0. The van der Waals surface area contributed by atoms with Crippen molar-refractivity contribution in [3.63, 3.8) is 0 Å². The monoisotopic (exact) mass is 1040 g/mol. The summed E-state index contributed by atoms with van der Waals surface area (Å²) in [4.78, 5) is 79.6. The molecule has 3 fully saturated rings. The Balaban J connectivity index is 1.44. The van der Waals surface area contributed by atoms with Crippen LogP contribution in [0.5, 0.6) is 0 Å². The number of aromatic nitrogens is 3. The minimum atomic E-state index is -1.34. The van der Waals surface area contributed by atoms with E-state index >= 15 is 0 Å². The van der Waals surface area contributed by atoms with E-state index in [-0.39, 0.29) is 24.3 Å². The van der Waals surface area contributed by atoms with Crippen molar-refractivity contribution < 1.29 is 85.6 Å². The van der Waals surface area contributed by atoms with E-state index in [2.05, 4.69) is 17.2 Å². The molecule has 3 saturated heterocycles. The molecule has 19 atom stereocenters. The minimum Gasteiger partial charge on any atom is -0.460 e. The summed E-state index contributed by atoms with van der Waals surface area (Å²) in [5.74, 6) is -4.79. The molecule has 22 heteroatoms. The van der Waals surface area contributed by atoms with E-state index in [0.717, 1.165) is 12.0 Å². The Labute approximate surface area is 428 Å². The van der Waals surface area contributed by atoms with E-state index in [9.17, 15) is 28.8 Å². The molecule has 1 aromatic rings. The van der Waals surface area contributed by atoms with Crippen molar-refractivity contribution >= 4 is 35.8 Å². The summed E-state index contributed by atoms with van der Waals surface area (Å²) in [5.41, 5.74) is 1.57. The van der Waals surface area contributed by atoms with Crippen molar-refractivity contribution in [3.8, 4) is 0 Å². The zero-order valence-corrected chi connectivity index (χ0v) is 45.2. The molecule has 1 aliphatic carbocycles. The Bertz CT molecular complexity index is 2070. The number of esters is 5. The number of carbonyl (C=O) groups is 6. The molecule has 1 aromatic heterocycles. The summed E-state index contributed by atoms with van der Waals surface area (Å²) in [6, 6.07) is -1.33. The topological polar surface area (TPSA) is 247 Å². The number of amides is 1. The van der Waals surface area contributed by atoms with Gasteiger partial charge in [-0.2, -0.15) is 0 Å². The van der Waals surface area contributed by atoms with Crippen LogP contribution in [0.25, 0.3) is 0 Å². The van der Waals surface area contributed by atoms with E-state index in [1.54, 1.807) is 22.7 Å². The molecule has 22 nitrogen and oxygen atoms in total. The maximum atomic E-state index is 13.9. The fraction of sp³-hybridized carbons (Fsp3) is 0.804. The standard InChI is InChI=1S/C51H80N4O18/c1-16-36-22-38(42(65-31(11)57)26(6)25(36)5)55(30(10)56)41-27(7)44(66-32(12)58)50(64-29(41)9)72-43-28(8)45(67-33(13)59)51(71-39(43)17-2)73-46-40(18-3)70-49(48(69-35(15)61)47(46)68-34(14)60)63-24-37-23-54(53-52-37)20-21-62-19-4/h22-23,25-29,38-51H,16-21,24H2,1-15H3/t25-,26-,27-,28-,29+,38-,39+,40+,41-,42+,43-,44+,45+,46+,47-,48+,49+,50+,51+/m0/s1. The average molecular weight is 1040 g/mol. The summed E-state index contributed by atoms with van der Waals surface area (Å²) in [6.07, 6.45) is -8.64. The number of allylic oxidation sites excluding steroid dienone is 1. The lowest BCUT2D eigenvalue weighted by molar-refractivity contribution is -0.368. The third-order valence-corrected chi connectivity index (χ3v) is 14.3. The molecule has 3 aliphatic heterocycles. The van der Waals surface area contributed by atoms with E-state index in [1.807, 2.05) is 54.5 Å². The van der Waals surface area contributed by atoms with Gasteiger partial charge < -0.3 is 61.7 Å². The summed E-state index contributed by atoms with van der Waals surface area (Å²) in [5, 5.41) is 8.29. The first-order valence-corrected chi connectivity index (χ1v) is 25.8. The van der Waals surface area contributed by atoms with Crippen LogP contribution in [0.15, 0.2) is 17.8 Å². The van der Waals surface area contributed by atoms with Gasteiger partial charge in [-0.15, -0.1) is 5.10 Å². The van der Waals surface area contributed by atoms with Gasteiger partial charge in [0, 0.05) is 65.9 Å². The van der Waals surface area contributed by atoms with Crippen molar-refractivity contribution in [1.82, 2.24) is 19.9 Å². The van der Waals surface area contributed by atoms with Crippen molar-refractivity contribution in [1.29, 1.82) is 0 Å². The van der Waals surface area contributed by atoms with Gasteiger partial charge >= 0.3 is 29.8 Å². The van der Waals surface area contributed by atoms with Crippen LogP contribution in [0.2, 0.25) is 0 Å². The van der Waals surface area contributed by atoms with Gasteiger partial charge in [0.2, 0.25) is 5.91 Å². The lowest BCUT2D eigenvalue weighted by atomic mass is 9.74. The molecule has 0 unspecified atom stereocenters. The second kappa shape index (κ2) is 26.8. The Hall–Kier alpha value is -4.58. The van der Waals surface area contributed by atoms with Gasteiger partial charge in [0.05, 0.1) is 62.5 Å². The van der Waals surface area contributed by atoms with Gasteiger partial charge in [-0.3, -0.25) is 28.8 Å². The largest absolute Gasteiger partial charge is 0.460 e. The maximum absolute atomic E-state index is 13.9. The third kappa shape index (κ3) is 14.6. The predicted molar refractivity (Wildman–Crippen MR) is 256 cm³/mol. The number of hydrogen-bond acceptors (Lipinski definition) is 20. The van der Waals surface area contributed by atoms with Gasteiger partial charge in [-0.25, -0.2) is 4.68 Å². The van der Waals surface area contributed by atoms with Crippen LogP contribution >= 0.6 is 0 Å². The van der Waals surface area contributed by atoms with Crippen molar-refractivity contribution in [3.05, 3.63) is 23.5 Å². The van der Waals surface area contributed by atoms with Crippen molar-refractivity contribution in [2.24, 2.45) is 23.7 Å². The lowest BCUT2D eigenvalue weighted by Gasteiger charge is -2.53. The fourth-order valence-corrected chi connectivity index (χ4v) is 10.8. The van der Waals surface area contributed by atoms with Crippen molar-refractivity contribution in [2.75, 3.05) is 13.2 Å². The number of rotatable bonds is 21. The molecule has 0 spiro atoms. The predicted octanol–water partition coefficient (Wildman–Crippen LogP) is 4.75. The zero-order valence-electron chi connectivity index (χ0n) is 45.2. The molecule has 0 radical (unpaired) electrons. The highest BCUT2D eigenvalue weighted by atomic mass is 16.8. The average Bonchev–Trinajstić information content (AvgIpc) is 3.77. The first-order chi connectivity index (χ1) is 34.5. The van der Waals surface area contributed by atoms with E-state index in [0.29, 0.717) is 38.3 Å². The molecular weight excluding hydrogens is 957 g/mol. The second-order valence-electron chi connectivity index (χ2n) is 19.5. The highest BCUT2D eigenvalue weighted by molar-refractivity contribution is 5.75. The van der Waals surface area contributed by atoms with Crippen LogP contribution in [0.3, 0.4) is 0 Å². The lowest BCUT2D eigenvalue weighted by Crippen LogP contribution is -2.67. The second-order valence-corrected chi connectivity index (χ2v) is 19.5. The Morgan fingerprint density at radius 1 is 0.616 bits per heavy atom. The Morgan fingerprint density at radius 2 is 1.14 bits per heavy atom. The molecule has 4 heterocycles. The molecule has 0 aromatic carbocycles. The molecule has 0 bridgehead atoms. The van der Waals surface area contributed by atoms with Crippen LogP contribution < -0.4 is 0 Å². The number of nitrogens with zero attached hydrogens (tertiary/aromatic N) is 4. The zero-order chi connectivity index (χ0) is 54.0. The molecule has 412 valence electrons. The van der Waals surface area contributed by atoms with E-state index < -0.39 is 134 Å². The highest BCUT2D eigenvalue weighted by Gasteiger charge is 2.57. The van der Waals surface area contributed by atoms with Crippen LogP contribution in [0.4, 0.5) is 0 Å². The van der Waals surface area contributed by atoms with Crippen LogP contribution in [0.1, 0.15) is 129 Å². The van der Waals surface area contributed by atoms with Gasteiger partial charge in [-0.05, 0) is 39.0 Å².